The molecule has 0 heterocycles. The van der Waals surface area contributed by atoms with Gasteiger partial charge in [-0.3, -0.25) is 0 Å². The fourth-order valence-corrected chi connectivity index (χ4v) is 2.29. The Morgan fingerprint density at radius 2 is 1.78 bits per heavy atom. The predicted molar refractivity (Wildman–Crippen MR) is 95.8 cm³/mol. The third-order valence-corrected chi connectivity index (χ3v) is 3.75. The van der Waals surface area contributed by atoms with Crippen molar-refractivity contribution >= 4 is 11.6 Å². The Hall–Kier alpha value is -0.970. The molecule has 1 aromatic rings. The fraction of sp³-hybridized carbons (Fsp3) is 0.667. The number of ether oxygens (including phenoxy) is 3. The average molecular weight is 344 g/mol. The van der Waals surface area contributed by atoms with Crippen LogP contribution in [0.25, 0.3) is 0 Å². The summed E-state index contributed by atoms with van der Waals surface area (Å²) >= 11 is 6.33. The van der Waals surface area contributed by atoms with Gasteiger partial charge in [0.15, 0.2) is 11.5 Å². The molecule has 1 aromatic carbocycles. The molecule has 0 unspecified atom stereocenters. The second-order valence-electron chi connectivity index (χ2n) is 5.44. The second kappa shape index (κ2) is 12.5. The minimum absolute atomic E-state index is 0.655. The SMILES string of the molecule is CCCCOCCCNCc1cc(OC)c(OCCC)cc1Cl. The summed E-state index contributed by atoms with van der Waals surface area (Å²) in [4.78, 5) is 0. The van der Waals surface area contributed by atoms with Crippen LogP contribution in [-0.4, -0.2) is 33.5 Å². The molecule has 5 heteroatoms. The summed E-state index contributed by atoms with van der Waals surface area (Å²) in [6, 6.07) is 3.78. The van der Waals surface area contributed by atoms with Gasteiger partial charge in [-0.25, -0.2) is 0 Å². The summed E-state index contributed by atoms with van der Waals surface area (Å²) in [5.74, 6) is 1.43. The quantitative estimate of drug-likeness (QED) is 0.538. The first-order chi connectivity index (χ1) is 11.2. The first kappa shape index (κ1) is 20.1. The number of halogens is 1. The van der Waals surface area contributed by atoms with Crippen LogP contribution < -0.4 is 14.8 Å². The van der Waals surface area contributed by atoms with Crippen LogP contribution in [0.1, 0.15) is 45.1 Å². The maximum Gasteiger partial charge on any atom is 0.162 e. The van der Waals surface area contributed by atoms with Crippen molar-refractivity contribution in [2.24, 2.45) is 0 Å². The first-order valence-corrected chi connectivity index (χ1v) is 8.88. The highest BCUT2D eigenvalue weighted by Gasteiger charge is 2.10. The Morgan fingerprint density at radius 3 is 2.48 bits per heavy atom. The van der Waals surface area contributed by atoms with Crippen LogP contribution in [0.5, 0.6) is 11.5 Å². The van der Waals surface area contributed by atoms with Gasteiger partial charge in [0, 0.05) is 30.8 Å². The zero-order valence-electron chi connectivity index (χ0n) is 14.6. The zero-order valence-corrected chi connectivity index (χ0v) is 15.4. The lowest BCUT2D eigenvalue weighted by Gasteiger charge is -2.14. The van der Waals surface area contributed by atoms with Crippen LogP contribution >= 0.6 is 11.6 Å². The highest BCUT2D eigenvalue weighted by molar-refractivity contribution is 6.31. The minimum atomic E-state index is 0.655. The van der Waals surface area contributed by atoms with E-state index in [1.54, 1.807) is 7.11 Å². The summed E-state index contributed by atoms with van der Waals surface area (Å²) in [7, 11) is 1.65. The number of hydrogen-bond acceptors (Lipinski definition) is 4. The fourth-order valence-electron chi connectivity index (χ4n) is 2.07. The van der Waals surface area contributed by atoms with Gasteiger partial charge < -0.3 is 19.5 Å². The number of hydrogen-bond donors (Lipinski definition) is 1. The molecular weight excluding hydrogens is 314 g/mol. The van der Waals surface area contributed by atoms with E-state index in [0.717, 1.165) is 50.3 Å². The topological polar surface area (TPSA) is 39.7 Å². The molecule has 1 N–H and O–H groups in total. The number of rotatable bonds is 13. The van der Waals surface area contributed by atoms with Crippen LogP contribution in [-0.2, 0) is 11.3 Å². The second-order valence-corrected chi connectivity index (χ2v) is 5.85. The molecule has 132 valence electrons. The van der Waals surface area contributed by atoms with Crippen molar-refractivity contribution in [1.29, 1.82) is 0 Å². The van der Waals surface area contributed by atoms with Crippen molar-refractivity contribution in [3.8, 4) is 11.5 Å². The molecule has 0 aliphatic heterocycles. The van der Waals surface area contributed by atoms with Crippen LogP contribution in [0.15, 0.2) is 12.1 Å². The van der Waals surface area contributed by atoms with E-state index >= 15 is 0 Å². The minimum Gasteiger partial charge on any atom is -0.493 e. The summed E-state index contributed by atoms with van der Waals surface area (Å²) < 4.78 is 16.6. The van der Waals surface area contributed by atoms with E-state index in [2.05, 4.69) is 19.2 Å². The van der Waals surface area contributed by atoms with E-state index < -0.39 is 0 Å². The van der Waals surface area contributed by atoms with Crippen molar-refractivity contribution < 1.29 is 14.2 Å². The van der Waals surface area contributed by atoms with E-state index in [1.807, 2.05) is 12.1 Å². The Bertz CT molecular complexity index is 441. The van der Waals surface area contributed by atoms with Crippen molar-refractivity contribution in [2.45, 2.75) is 46.1 Å². The molecule has 0 bridgehead atoms. The highest BCUT2D eigenvalue weighted by Crippen LogP contribution is 2.33. The molecule has 0 fully saturated rings. The maximum atomic E-state index is 6.33. The third-order valence-electron chi connectivity index (χ3n) is 3.39. The Balaban J connectivity index is 2.38. The van der Waals surface area contributed by atoms with Crippen molar-refractivity contribution in [2.75, 3.05) is 33.5 Å². The monoisotopic (exact) mass is 343 g/mol. The van der Waals surface area contributed by atoms with E-state index in [9.17, 15) is 0 Å². The normalized spacial score (nSPS) is 10.8. The molecule has 0 radical (unpaired) electrons. The van der Waals surface area contributed by atoms with Gasteiger partial charge in [-0.2, -0.15) is 0 Å². The summed E-state index contributed by atoms with van der Waals surface area (Å²) in [6.45, 7) is 8.16. The number of nitrogens with one attached hydrogen (secondary N) is 1. The van der Waals surface area contributed by atoms with Gasteiger partial charge in [0.25, 0.3) is 0 Å². The molecule has 0 aliphatic carbocycles. The van der Waals surface area contributed by atoms with E-state index in [4.69, 9.17) is 25.8 Å². The molecule has 0 amide bonds. The maximum absolute atomic E-state index is 6.33. The van der Waals surface area contributed by atoms with Crippen LogP contribution in [0, 0.1) is 0 Å². The predicted octanol–water partition coefficient (Wildman–Crippen LogP) is 4.43. The third kappa shape index (κ3) is 7.91. The average Bonchev–Trinajstić information content (AvgIpc) is 2.56. The number of benzene rings is 1. The molecule has 0 aliphatic rings. The van der Waals surface area contributed by atoms with Crippen molar-refractivity contribution in [3.05, 3.63) is 22.7 Å². The molecule has 0 saturated carbocycles. The molecule has 23 heavy (non-hydrogen) atoms. The van der Waals surface area contributed by atoms with Crippen LogP contribution in [0.4, 0.5) is 0 Å². The smallest absolute Gasteiger partial charge is 0.162 e. The van der Waals surface area contributed by atoms with Gasteiger partial charge >= 0.3 is 0 Å². The summed E-state index contributed by atoms with van der Waals surface area (Å²) in [5.41, 5.74) is 1.01. The highest BCUT2D eigenvalue weighted by atomic mass is 35.5. The lowest BCUT2D eigenvalue weighted by Crippen LogP contribution is -2.17. The Kier molecular flexibility index (Phi) is 10.9. The van der Waals surface area contributed by atoms with E-state index in [1.165, 1.54) is 6.42 Å². The molecule has 0 aromatic heterocycles. The zero-order chi connectivity index (χ0) is 16.9. The van der Waals surface area contributed by atoms with Crippen LogP contribution in [0.3, 0.4) is 0 Å². The molecular formula is C18H30ClNO3. The van der Waals surface area contributed by atoms with E-state index in [-0.39, 0.29) is 0 Å². The molecule has 1 rings (SSSR count). The van der Waals surface area contributed by atoms with Gasteiger partial charge in [0.2, 0.25) is 0 Å². The number of methoxy groups -OCH3 is 1. The molecule has 0 atom stereocenters. The van der Waals surface area contributed by atoms with Gasteiger partial charge in [-0.05, 0) is 37.4 Å². The standard InChI is InChI=1S/C18H30ClNO3/c1-4-6-10-22-11-7-8-20-14-15-12-17(21-3)18(13-16(15)19)23-9-5-2/h12-13,20H,4-11,14H2,1-3H3. The number of unbranched alkanes of at least 4 members (excludes halogenated alkanes) is 1. The van der Waals surface area contributed by atoms with Gasteiger partial charge in [-0.1, -0.05) is 31.9 Å². The lowest BCUT2D eigenvalue weighted by atomic mass is 10.2. The first-order valence-electron chi connectivity index (χ1n) is 8.50. The van der Waals surface area contributed by atoms with Crippen LogP contribution in [0.2, 0.25) is 5.02 Å². The van der Waals surface area contributed by atoms with Crippen molar-refractivity contribution in [3.63, 3.8) is 0 Å². The Morgan fingerprint density at radius 1 is 1.00 bits per heavy atom. The molecule has 0 spiro atoms. The molecule has 0 saturated heterocycles. The van der Waals surface area contributed by atoms with Gasteiger partial charge in [0.05, 0.1) is 13.7 Å². The summed E-state index contributed by atoms with van der Waals surface area (Å²) in [6.07, 6.45) is 4.26. The Labute approximate surface area is 145 Å². The largest absolute Gasteiger partial charge is 0.493 e. The van der Waals surface area contributed by atoms with Crippen molar-refractivity contribution in [1.82, 2.24) is 5.32 Å². The van der Waals surface area contributed by atoms with E-state index in [0.29, 0.717) is 23.9 Å². The summed E-state index contributed by atoms with van der Waals surface area (Å²) in [5, 5.41) is 4.08. The van der Waals surface area contributed by atoms with Gasteiger partial charge in [-0.15, -0.1) is 0 Å². The lowest BCUT2D eigenvalue weighted by molar-refractivity contribution is 0.129. The molecule has 4 nitrogen and oxygen atoms in total. The van der Waals surface area contributed by atoms with Gasteiger partial charge in [0.1, 0.15) is 0 Å².